The SMILES string of the molecule is CC(C)N(CC(F)(F)F)c1ccc(C(=O)O)cc1Cl. The van der Waals surface area contributed by atoms with Crippen LogP contribution in [-0.2, 0) is 0 Å². The zero-order valence-electron chi connectivity index (χ0n) is 10.3. The van der Waals surface area contributed by atoms with E-state index in [1.807, 2.05) is 0 Å². The largest absolute Gasteiger partial charge is 0.478 e. The number of halogens is 4. The van der Waals surface area contributed by atoms with E-state index in [-0.39, 0.29) is 16.3 Å². The van der Waals surface area contributed by atoms with Gasteiger partial charge in [-0.2, -0.15) is 13.2 Å². The molecule has 0 spiro atoms. The highest BCUT2D eigenvalue weighted by Crippen LogP contribution is 2.31. The first kappa shape index (κ1) is 15.6. The van der Waals surface area contributed by atoms with Crippen molar-refractivity contribution in [1.29, 1.82) is 0 Å². The number of anilines is 1. The maximum atomic E-state index is 12.5. The highest BCUT2D eigenvalue weighted by atomic mass is 35.5. The van der Waals surface area contributed by atoms with Gasteiger partial charge in [0.05, 0.1) is 16.3 Å². The third kappa shape index (κ3) is 4.31. The molecule has 0 saturated carbocycles. The van der Waals surface area contributed by atoms with Crippen molar-refractivity contribution in [3.63, 3.8) is 0 Å². The maximum absolute atomic E-state index is 12.5. The lowest BCUT2D eigenvalue weighted by Gasteiger charge is -2.30. The predicted molar refractivity (Wildman–Crippen MR) is 66.9 cm³/mol. The van der Waals surface area contributed by atoms with E-state index in [0.29, 0.717) is 0 Å². The molecule has 0 fully saturated rings. The van der Waals surface area contributed by atoms with Crippen LogP contribution in [0.1, 0.15) is 24.2 Å². The van der Waals surface area contributed by atoms with Gasteiger partial charge < -0.3 is 10.0 Å². The number of carbonyl (C=O) groups is 1. The van der Waals surface area contributed by atoms with Crippen molar-refractivity contribution in [3.8, 4) is 0 Å². The van der Waals surface area contributed by atoms with Crippen LogP contribution in [-0.4, -0.2) is 29.8 Å². The fraction of sp³-hybridized carbons (Fsp3) is 0.417. The number of rotatable bonds is 4. The van der Waals surface area contributed by atoms with Gasteiger partial charge in [0.25, 0.3) is 0 Å². The summed E-state index contributed by atoms with van der Waals surface area (Å²) in [6.45, 7) is 2.07. The molecular weight excluding hydrogens is 283 g/mol. The molecule has 1 aromatic rings. The molecule has 1 aromatic carbocycles. The fourth-order valence-corrected chi connectivity index (χ4v) is 1.90. The molecule has 106 valence electrons. The summed E-state index contributed by atoms with van der Waals surface area (Å²) in [5.41, 5.74) is 0.100. The normalized spacial score (nSPS) is 11.7. The van der Waals surface area contributed by atoms with E-state index in [2.05, 4.69) is 0 Å². The van der Waals surface area contributed by atoms with Crippen LogP contribution in [0.25, 0.3) is 0 Å². The predicted octanol–water partition coefficient (Wildman–Crippen LogP) is 3.82. The molecule has 0 aliphatic rings. The van der Waals surface area contributed by atoms with Crippen molar-refractivity contribution in [3.05, 3.63) is 28.8 Å². The smallest absolute Gasteiger partial charge is 0.405 e. The highest BCUT2D eigenvalue weighted by Gasteiger charge is 2.32. The van der Waals surface area contributed by atoms with Crippen molar-refractivity contribution in [2.45, 2.75) is 26.1 Å². The molecule has 0 heterocycles. The first-order valence-electron chi connectivity index (χ1n) is 5.48. The van der Waals surface area contributed by atoms with E-state index in [0.717, 1.165) is 11.0 Å². The number of hydrogen-bond acceptors (Lipinski definition) is 2. The Kier molecular flexibility index (Phi) is 4.68. The minimum atomic E-state index is -4.36. The van der Waals surface area contributed by atoms with Crippen molar-refractivity contribution in [2.24, 2.45) is 0 Å². The number of hydrogen-bond donors (Lipinski definition) is 1. The van der Waals surface area contributed by atoms with Gasteiger partial charge in [-0.3, -0.25) is 0 Å². The first-order valence-corrected chi connectivity index (χ1v) is 5.86. The van der Waals surface area contributed by atoms with Crippen LogP contribution >= 0.6 is 11.6 Å². The average Bonchev–Trinajstić information content (AvgIpc) is 2.24. The molecule has 0 saturated heterocycles. The monoisotopic (exact) mass is 295 g/mol. The summed E-state index contributed by atoms with van der Waals surface area (Å²) in [5, 5.41) is 8.77. The zero-order valence-corrected chi connectivity index (χ0v) is 11.1. The molecular formula is C12H13ClF3NO2. The number of nitrogens with zero attached hydrogens (tertiary/aromatic N) is 1. The summed E-state index contributed by atoms with van der Waals surface area (Å²) in [6.07, 6.45) is -4.36. The van der Waals surface area contributed by atoms with Gasteiger partial charge in [0.1, 0.15) is 6.54 Å². The maximum Gasteiger partial charge on any atom is 0.405 e. The van der Waals surface area contributed by atoms with E-state index >= 15 is 0 Å². The number of alkyl halides is 3. The summed E-state index contributed by atoms with van der Waals surface area (Å²) in [6, 6.07) is 3.24. The van der Waals surface area contributed by atoms with Crippen LogP contribution in [0.4, 0.5) is 18.9 Å². The molecule has 0 aliphatic carbocycles. The summed E-state index contributed by atoms with van der Waals surface area (Å²) in [7, 11) is 0. The van der Waals surface area contributed by atoms with Crippen LogP contribution in [0, 0.1) is 0 Å². The van der Waals surface area contributed by atoms with E-state index in [1.54, 1.807) is 13.8 Å². The Balaban J connectivity index is 3.14. The lowest BCUT2D eigenvalue weighted by Crippen LogP contribution is -2.39. The van der Waals surface area contributed by atoms with Crippen molar-refractivity contribution in [2.75, 3.05) is 11.4 Å². The Morgan fingerprint density at radius 1 is 1.42 bits per heavy atom. The minimum absolute atomic E-state index is 0.0159. The van der Waals surface area contributed by atoms with Gasteiger partial charge in [-0.15, -0.1) is 0 Å². The number of carboxylic acid groups (broad SMARTS) is 1. The average molecular weight is 296 g/mol. The Hall–Kier alpha value is -1.43. The lowest BCUT2D eigenvalue weighted by molar-refractivity contribution is -0.120. The summed E-state index contributed by atoms with van der Waals surface area (Å²) in [4.78, 5) is 11.8. The van der Waals surface area contributed by atoms with Crippen molar-refractivity contribution >= 4 is 23.3 Å². The van der Waals surface area contributed by atoms with Gasteiger partial charge in [-0.05, 0) is 32.0 Å². The van der Waals surface area contributed by atoms with Gasteiger partial charge >= 0.3 is 12.1 Å². The lowest BCUT2D eigenvalue weighted by atomic mass is 10.1. The van der Waals surface area contributed by atoms with Crippen LogP contribution in [0.5, 0.6) is 0 Å². The fourth-order valence-electron chi connectivity index (χ4n) is 1.61. The highest BCUT2D eigenvalue weighted by molar-refractivity contribution is 6.33. The molecule has 19 heavy (non-hydrogen) atoms. The van der Waals surface area contributed by atoms with Gasteiger partial charge in [-0.25, -0.2) is 4.79 Å². The Bertz CT molecular complexity index is 475. The van der Waals surface area contributed by atoms with Crippen LogP contribution in [0.2, 0.25) is 5.02 Å². The molecule has 0 aliphatic heterocycles. The number of carboxylic acids is 1. The molecule has 0 radical (unpaired) electrons. The molecule has 0 atom stereocenters. The third-order valence-electron chi connectivity index (χ3n) is 2.48. The Labute approximate surface area is 113 Å². The van der Waals surface area contributed by atoms with Gasteiger partial charge in [0.15, 0.2) is 0 Å². The number of benzene rings is 1. The van der Waals surface area contributed by atoms with Gasteiger partial charge in [-0.1, -0.05) is 11.6 Å². The molecule has 3 nitrogen and oxygen atoms in total. The molecule has 0 aromatic heterocycles. The zero-order chi connectivity index (χ0) is 14.8. The van der Waals surface area contributed by atoms with E-state index < -0.39 is 24.7 Å². The van der Waals surface area contributed by atoms with Crippen molar-refractivity contribution < 1.29 is 23.1 Å². The molecule has 0 bridgehead atoms. The molecule has 0 amide bonds. The van der Waals surface area contributed by atoms with Gasteiger partial charge in [0.2, 0.25) is 0 Å². The van der Waals surface area contributed by atoms with Crippen LogP contribution in [0.3, 0.4) is 0 Å². The van der Waals surface area contributed by atoms with Gasteiger partial charge in [0, 0.05) is 6.04 Å². The van der Waals surface area contributed by atoms with E-state index in [4.69, 9.17) is 16.7 Å². The second kappa shape index (κ2) is 5.69. The first-order chi connectivity index (χ1) is 8.61. The van der Waals surface area contributed by atoms with Crippen molar-refractivity contribution in [1.82, 2.24) is 0 Å². The standard InChI is InChI=1S/C12H13ClF3NO2/c1-7(2)17(6-12(14,15)16)10-4-3-8(11(18)19)5-9(10)13/h3-5,7H,6H2,1-2H3,(H,18,19). The minimum Gasteiger partial charge on any atom is -0.478 e. The molecule has 7 heteroatoms. The molecule has 1 N–H and O–H groups in total. The Morgan fingerprint density at radius 2 is 2.00 bits per heavy atom. The van der Waals surface area contributed by atoms with E-state index in [1.165, 1.54) is 12.1 Å². The van der Waals surface area contributed by atoms with Crippen LogP contribution < -0.4 is 4.90 Å². The summed E-state index contributed by atoms with van der Waals surface area (Å²) < 4.78 is 37.5. The molecule has 1 rings (SSSR count). The topological polar surface area (TPSA) is 40.5 Å². The summed E-state index contributed by atoms with van der Waals surface area (Å²) in [5.74, 6) is -1.18. The second-order valence-electron chi connectivity index (χ2n) is 4.31. The quantitative estimate of drug-likeness (QED) is 0.918. The van der Waals surface area contributed by atoms with Crippen LogP contribution in [0.15, 0.2) is 18.2 Å². The number of aromatic carboxylic acids is 1. The second-order valence-corrected chi connectivity index (χ2v) is 4.72. The molecule has 0 unspecified atom stereocenters. The third-order valence-corrected chi connectivity index (χ3v) is 2.78. The summed E-state index contributed by atoms with van der Waals surface area (Å²) >= 11 is 5.87. The Morgan fingerprint density at radius 3 is 2.37 bits per heavy atom. The van der Waals surface area contributed by atoms with E-state index in [9.17, 15) is 18.0 Å².